The molecule has 2 aliphatic rings. The van der Waals surface area contributed by atoms with E-state index in [1.807, 2.05) is 6.07 Å². The summed E-state index contributed by atoms with van der Waals surface area (Å²) in [5, 5.41) is 9.57. The molecule has 2 unspecified atom stereocenters. The van der Waals surface area contributed by atoms with Gasteiger partial charge in [-0.15, -0.1) is 0 Å². The van der Waals surface area contributed by atoms with Gasteiger partial charge in [0, 0.05) is 30.8 Å². The van der Waals surface area contributed by atoms with Gasteiger partial charge in [0.25, 0.3) is 0 Å². The molecule has 1 N–H and O–H groups in total. The fourth-order valence-corrected chi connectivity index (χ4v) is 3.49. The molecular formula is C16H24N2O2. The van der Waals surface area contributed by atoms with Crippen LogP contribution in [0.25, 0.3) is 0 Å². The fourth-order valence-electron chi connectivity index (χ4n) is 3.49. The molecule has 0 aromatic heterocycles. The number of likely N-dealkylation sites (N-methyl/N-ethyl adjacent to an activating group) is 1. The smallest absolute Gasteiger partial charge is 0.127 e. The Balaban J connectivity index is 1.86. The Kier molecular flexibility index (Phi) is 3.85. The number of nitrogens with zero attached hydrogens (tertiary/aromatic N) is 2. The Morgan fingerprint density at radius 2 is 2.20 bits per heavy atom. The van der Waals surface area contributed by atoms with E-state index in [2.05, 4.69) is 23.8 Å². The van der Waals surface area contributed by atoms with Crippen molar-refractivity contribution in [3.05, 3.63) is 23.8 Å². The highest BCUT2D eigenvalue weighted by Gasteiger charge is 2.34. The molecule has 0 radical (unpaired) electrons. The molecule has 0 amide bonds. The summed E-state index contributed by atoms with van der Waals surface area (Å²) in [5.74, 6) is 1.13. The van der Waals surface area contributed by atoms with E-state index in [0.29, 0.717) is 18.7 Å². The van der Waals surface area contributed by atoms with Crippen molar-refractivity contribution in [3.63, 3.8) is 0 Å². The van der Waals surface area contributed by atoms with Gasteiger partial charge in [0.05, 0.1) is 6.04 Å². The van der Waals surface area contributed by atoms with Gasteiger partial charge in [-0.25, -0.2) is 0 Å². The van der Waals surface area contributed by atoms with Crippen LogP contribution in [-0.4, -0.2) is 54.2 Å². The summed E-state index contributed by atoms with van der Waals surface area (Å²) in [6.45, 7) is 6.39. The van der Waals surface area contributed by atoms with Crippen molar-refractivity contribution < 1.29 is 9.84 Å². The van der Waals surface area contributed by atoms with E-state index < -0.39 is 0 Å². The SMILES string of the molecule is CCC1CN(C)CCCN1C1COc2cc(O)ccc21. The van der Waals surface area contributed by atoms with E-state index in [4.69, 9.17) is 4.74 Å². The average Bonchev–Trinajstić information content (AvgIpc) is 2.74. The molecule has 110 valence electrons. The second-order valence-corrected chi connectivity index (χ2v) is 5.96. The Bertz CT molecular complexity index is 478. The van der Waals surface area contributed by atoms with Crippen molar-refractivity contribution in [2.45, 2.75) is 31.8 Å². The lowest BCUT2D eigenvalue weighted by Crippen LogP contribution is -2.42. The van der Waals surface area contributed by atoms with Crippen molar-refractivity contribution in [3.8, 4) is 11.5 Å². The first kappa shape index (κ1) is 13.7. The van der Waals surface area contributed by atoms with E-state index in [9.17, 15) is 5.11 Å². The zero-order valence-corrected chi connectivity index (χ0v) is 12.4. The maximum Gasteiger partial charge on any atom is 0.127 e. The third-order valence-electron chi connectivity index (χ3n) is 4.57. The zero-order chi connectivity index (χ0) is 14.1. The lowest BCUT2D eigenvalue weighted by atomic mass is 10.0. The number of aromatic hydroxyl groups is 1. The summed E-state index contributed by atoms with van der Waals surface area (Å²) in [6.07, 6.45) is 2.37. The number of hydrogen-bond acceptors (Lipinski definition) is 4. The molecule has 2 heterocycles. The fraction of sp³-hybridized carbons (Fsp3) is 0.625. The average molecular weight is 276 g/mol. The lowest BCUT2D eigenvalue weighted by Gasteiger charge is -2.34. The second kappa shape index (κ2) is 5.62. The van der Waals surface area contributed by atoms with Crippen molar-refractivity contribution in [1.82, 2.24) is 9.80 Å². The van der Waals surface area contributed by atoms with Crippen LogP contribution < -0.4 is 4.74 Å². The number of hydrogen-bond donors (Lipinski definition) is 1. The summed E-state index contributed by atoms with van der Waals surface area (Å²) in [4.78, 5) is 5.04. The van der Waals surface area contributed by atoms with E-state index in [1.54, 1.807) is 12.1 Å². The van der Waals surface area contributed by atoms with Gasteiger partial charge in [-0.1, -0.05) is 6.92 Å². The zero-order valence-electron chi connectivity index (χ0n) is 12.4. The second-order valence-electron chi connectivity index (χ2n) is 5.96. The van der Waals surface area contributed by atoms with Crippen LogP contribution in [0, 0.1) is 0 Å². The molecule has 3 rings (SSSR count). The summed E-state index contributed by atoms with van der Waals surface area (Å²) in [6, 6.07) is 6.44. The molecule has 0 aliphatic carbocycles. The number of ether oxygens (including phenoxy) is 1. The Morgan fingerprint density at radius 3 is 3.00 bits per heavy atom. The quantitative estimate of drug-likeness (QED) is 0.898. The highest BCUT2D eigenvalue weighted by molar-refractivity contribution is 5.44. The highest BCUT2D eigenvalue weighted by atomic mass is 16.5. The topological polar surface area (TPSA) is 35.9 Å². The van der Waals surface area contributed by atoms with Crippen LogP contribution >= 0.6 is 0 Å². The standard InChI is InChI=1S/C16H24N2O2/c1-3-12-10-17(2)7-4-8-18(12)15-11-20-16-9-13(19)5-6-14(15)16/h5-6,9,12,15,19H,3-4,7-8,10-11H2,1-2H3. The minimum Gasteiger partial charge on any atom is -0.508 e. The summed E-state index contributed by atoms with van der Waals surface area (Å²) in [7, 11) is 2.21. The number of phenols is 1. The largest absolute Gasteiger partial charge is 0.508 e. The monoisotopic (exact) mass is 276 g/mol. The molecule has 0 saturated carbocycles. The third-order valence-corrected chi connectivity index (χ3v) is 4.57. The Hall–Kier alpha value is -1.26. The van der Waals surface area contributed by atoms with Crippen LogP contribution in [0.4, 0.5) is 0 Å². The highest BCUT2D eigenvalue weighted by Crippen LogP contribution is 2.39. The number of rotatable bonds is 2. The molecule has 1 fully saturated rings. The van der Waals surface area contributed by atoms with Crippen molar-refractivity contribution in [2.75, 3.05) is 33.3 Å². The maximum atomic E-state index is 9.57. The van der Waals surface area contributed by atoms with Gasteiger partial charge in [-0.2, -0.15) is 0 Å². The molecule has 1 saturated heterocycles. The maximum absolute atomic E-state index is 9.57. The first-order valence-corrected chi connectivity index (χ1v) is 7.59. The first-order chi connectivity index (χ1) is 9.69. The Morgan fingerprint density at radius 1 is 1.35 bits per heavy atom. The molecule has 1 aromatic rings. The van der Waals surface area contributed by atoms with Gasteiger partial charge in [-0.05, 0) is 38.6 Å². The van der Waals surface area contributed by atoms with Gasteiger partial charge in [0.2, 0.25) is 0 Å². The lowest BCUT2D eigenvalue weighted by molar-refractivity contribution is 0.109. The van der Waals surface area contributed by atoms with Crippen LogP contribution in [0.15, 0.2) is 18.2 Å². The molecule has 1 aromatic carbocycles. The Labute approximate surface area is 120 Å². The van der Waals surface area contributed by atoms with Gasteiger partial charge in [0.15, 0.2) is 0 Å². The minimum absolute atomic E-state index is 0.284. The van der Waals surface area contributed by atoms with Crippen LogP contribution in [0.1, 0.15) is 31.4 Å². The van der Waals surface area contributed by atoms with Crippen molar-refractivity contribution in [1.29, 1.82) is 0 Å². The molecule has 4 nitrogen and oxygen atoms in total. The van der Waals surface area contributed by atoms with Crippen LogP contribution in [0.3, 0.4) is 0 Å². The molecular weight excluding hydrogens is 252 g/mol. The first-order valence-electron chi connectivity index (χ1n) is 7.59. The summed E-state index contributed by atoms with van der Waals surface area (Å²) in [5.41, 5.74) is 1.23. The van der Waals surface area contributed by atoms with Crippen LogP contribution in [-0.2, 0) is 0 Å². The summed E-state index contributed by atoms with van der Waals surface area (Å²) < 4.78 is 5.79. The predicted octanol–water partition coefficient (Wildman–Crippen LogP) is 2.24. The molecule has 0 spiro atoms. The van der Waals surface area contributed by atoms with E-state index in [0.717, 1.165) is 25.3 Å². The number of benzene rings is 1. The van der Waals surface area contributed by atoms with Crippen molar-refractivity contribution >= 4 is 0 Å². The third kappa shape index (κ3) is 2.50. The van der Waals surface area contributed by atoms with Crippen LogP contribution in [0.5, 0.6) is 11.5 Å². The number of fused-ring (bicyclic) bond motifs is 1. The normalized spacial score (nSPS) is 27.9. The van der Waals surface area contributed by atoms with Crippen molar-refractivity contribution in [2.24, 2.45) is 0 Å². The van der Waals surface area contributed by atoms with Gasteiger partial charge < -0.3 is 14.7 Å². The van der Waals surface area contributed by atoms with E-state index in [-0.39, 0.29) is 5.75 Å². The molecule has 2 aliphatic heterocycles. The van der Waals surface area contributed by atoms with E-state index in [1.165, 1.54) is 18.5 Å². The predicted molar refractivity (Wildman–Crippen MR) is 79.2 cm³/mol. The van der Waals surface area contributed by atoms with Gasteiger partial charge in [-0.3, -0.25) is 4.90 Å². The molecule has 20 heavy (non-hydrogen) atoms. The minimum atomic E-state index is 0.284. The molecule has 0 bridgehead atoms. The number of phenolic OH excluding ortho intramolecular Hbond substituents is 1. The molecule has 2 atom stereocenters. The van der Waals surface area contributed by atoms with Gasteiger partial charge >= 0.3 is 0 Å². The van der Waals surface area contributed by atoms with E-state index >= 15 is 0 Å². The van der Waals surface area contributed by atoms with Gasteiger partial charge in [0.1, 0.15) is 18.1 Å². The molecule has 4 heteroatoms. The summed E-state index contributed by atoms with van der Waals surface area (Å²) >= 11 is 0. The van der Waals surface area contributed by atoms with Crippen LogP contribution in [0.2, 0.25) is 0 Å².